The van der Waals surface area contributed by atoms with Gasteiger partial charge < -0.3 is 0 Å². The zero-order valence-corrected chi connectivity index (χ0v) is 20.3. The van der Waals surface area contributed by atoms with Crippen LogP contribution < -0.4 is 0 Å². The molecule has 2 aromatic carbocycles. The highest BCUT2D eigenvalue weighted by atomic mass is 16.1. The molecule has 0 aliphatic heterocycles. The van der Waals surface area contributed by atoms with Gasteiger partial charge in [0.1, 0.15) is 6.07 Å². The molecule has 4 aromatic rings. The average Bonchev–Trinajstić information content (AvgIpc) is 3.33. The second-order valence-electron chi connectivity index (χ2n) is 9.98. The van der Waals surface area contributed by atoms with Gasteiger partial charge in [-0.15, -0.1) is 0 Å². The molecule has 3 atom stereocenters. The van der Waals surface area contributed by atoms with Crippen molar-refractivity contribution in [3.8, 4) is 34.3 Å². The number of hydrogen-bond donors (Lipinski definition) is 0. The van der Waals surface area contributed by atoms with Gasteiger partial charge in [0.2, 0.25) is 0 Å². The summed E-state index contributed by atoms with van der Waals surface area (Å²) in [6.45, 7) is 4.12. The summed E-state index contributed by atoms with van der Waals surface area (Å²) in [6.07, 6.45) is 5.48. The molecule has 0 bridgehead atoms. The smallest absolute Gasteiger partial charge is 0.176 e. The standard InChI is InChI=1S/C31H26N4O/c1-20-26-15-14-25-28(22-11-7-4-8-12-22)34-35(30(25)31(26,2)17-24(18-32)29(20)36)27-16-13-23(19-33-27)21-9-5-3-6-10-21/h3-13,16-17,19-20,26H,14-15H2,1-2H3/t20-,26-,31-/m1/s1. The van der Waals surface area contributed by atoms with E-state index < -0.39 is 5.41 Å². The molecule has 36 heavy (non-hydrogen) atoms. The molecule has 0 saturated carbocycles. The minimum absolute atomic E-state index is 0.0527. The lowest BCUT2D eigenvalue weighted by atomic mass is 9.57. The number of hydrogen-bond acceptors (Lipinski definition) is 4. The number of allylic oxidation sites excluding steroid dienone is 2. The summed E-state index contributed by atoms with van der Waals surface area (Å²) in [6, 6.07) is 26.6. The third-order valence-electron chi connectivity index (χ3n) is 7.94. The van der Waals surface area contributed by atoms with E-state index in [4.69, 9.17) is 10.1 Å². The number of benzene rings is 2. The van der Waals surface area contributed by atoms with Crippen molar-refractivity contribution in [1.82, 2.24) is 14.8 Å². The van der Waals surface area contributed by atoms with Crippen LogP contribution in [0.5, 0.6) is 0 Å². The van der Waals surface area contributed by atoms with Gasteiger partial charge in [0, 0.05) is 34.2 Å². The molecule has 0 N–H and O–H groups in total. The number of fused-ring (bicyclic) bond motifs is 3. The Bertz CT molecular complexity index is 1530. The molecule has 5 heteroatoms. The van der Waals surface area contributed by atoms with Crippen LogP contribution in [-0.2, 0) is 16.6 Å². The van der Waals surface area contributed by atoms with Crippen molar-refractivity contribution in [2.24, 2.45) is 11.8 Å². The third-order valence-corrected chi connectivity index (χ3v) is 7.94. The Morgan fingerprint density at radius 3 is 2.31 bits per heavy atom. The van der Waals surface area contributed by atoms with Gasteiger partial charge in [-0.25, -0.2) is 9.67 Å². The van der Waals surface area contributed by atoms with Crippen LogP contribution in [0.1, 0.15) is 31.5 Å². The molecule has 2 aliphatic carbocycles. The van der Waals surface area contributed by atoms with E-state index >= 15 is 0 Å². The normalized spacial score (nSPS) is 22.8. The van der Waals surface area contributed by atoms with Crippen molar-refractivity contribution >= 4 is 5.78 Å². The highest BCUT2D eigenvalue weighted by Crippen LogP contribution is 2.52. The molecule has 5 nitrogen and oxygen atoms in total. The van der Waals surface area contributed by atoms with Crippen LogP contribution in [0.2, 0.25) is 0 Å². The molecule has 0 radical (unpaired) electrons. The van der Waals surface area contributed by atoms with Crippen LogP contribution in [0.3, 0.4) is 0 Å². The van der Waals surface area contributed by atoms with Crippen molar-refractivity contribution in [3.05, 3.63) is 102 Å². The Morgan fingerprint density at radius 1 is 0.972 bits per heavy atom. The summed E-state index contributed by atoms with van der Waals surface area (Å²) in [5, 5.41) is 14.9. The van der Waals surface area contributed by atoms with Gasteiger partial charge in [-0.3, -0.25) is 4.79 Å². The lowest BCUT2D eigenvalue weighted by Crippen LogP contribution is -2.46. The second-order valence-corrected chi connectivity index (χ2v) is 9.98. The van der Waals surface area contributed by atoms with Gasteiger partial charge in [-0.2, -0.15) is 10.4 Å². The summed E-state index contributed by atoms with van der Waals surface area (Å²) in [5.41, 5.74) is 6.08. The first-order valence-electron chi connectivity index (χ1n) is 12.4. The first kappa shape index (κ1) is 22.2. The monoisotopic (exact) mass is 470 g/mol. The molecule has 176 valence electrons. The maximum atomic E-state index is 12.9. The van der Waals surface area contributed by atoms with Gasteiger partial charge in [0.15, 0.2) is 11.6 Å². The number of carbonyl (C=O) groups is 1. The molecule has 6 rings (SSSR count). The van der Waals surface area contributed by atoms with E-state index in [2.05, 4.69) is 43.3 Å². The van der Waals surface area contributed by atoms with Crippen molar-refractivity contribution in [2.45, 2.75) is 32.1 Å². The minimum Gasteiger partial charge on any atom is -0.293 e. The molecule has 0 fully saturated rings. The van der Waals surface area contributed by atoms with Crippen LogP contribution in [-0.4, -0.2) is 20.5 Å². The second kappa shape index (κ2) is 8.42. The van der Waals surface area contributed by atoms with Gasteiger partial charge in [0.25, 0.3) is 0 Å². The SMILES string of the molecule is C[C@H]1C(=O)C(C#N)=C[C@@]2(C)c3c(c(-c4ccccc4)nn3-c3ccc(-c4ccccc4)cn3)CC[C@H]12. The maximum Gasteiger partial charge on any atom is 0.176 e. The highest BCUT2D eigenvalue weighted by molar-refractivity contribution is 6.02. The lowest BCUT2D eigenvalue weighted by molar-refractivity contribution is -0.121. The van der Waals surface area contributed by atoms with Crippen molar-refractivity contribution in [3.63, 3.8) is 0 Å². The van der Waals surface area contributed by atoms with E-state index in [1.165, 1.54) is 5.56 Å². The zero-order chi connectivity index (χ0) is 24.9. The summed E-state index contributed by atoms with van der Waals surface area (Å²) in [4.78, 5) is 17.7. The number of rotatable bonds is 3. The quantitative estimate of drug-likeness (QED) is 0.363. The molecular formula is C31H26N4O. The van der Waals surface area contributed by atoms with Crippen LogP contribution in [0.25, 0.3) is 28.2 Å². The summed E-state index contributed by atoms with van der Waals surface area (Å²) in [5.74, 6) is 0.548. The van der Waals surface area contributed by atoms with Crippen molar-refractivity contribution < 1.29 is 4.79 Å². The van der Waals surface area contributed by atoms with Crippen molar-refractivity contribution in [1.29, 1.82) is 5.26 Å². The first-order chi connectivity index (χ1) is 17.5. The van der Waals surface area contributed by atoms with E-state index in [1.807, 2.05) is 66.3 Å². The largest absolute Gasteiger partial charge is 0.293 e. The van der Waals surface area contributed by atoms with Gasteiger partial charge in [-0.1, -0.05) is 80.6 Å². The molecule has 2 aliphatic rings. The fraction of sp³-hybridized carbons (Fsp3) is 0.226. The van der Waals surface area contributed by atoms with E-state index in [0.29, 0.717) is 0 Å². The van der Waals surface area contributed by atoms with Crippen LogP contribution in [0.4, 0.5) is 0 Å². The lowest BCUT2D eigenvalue weighted by Gasteiger charge is -2.45. The number of pyridine rings is 1. The third kappa shape index (κ3) is 3.33. The van der Waals surface area contributed by atoms with Crippen LogP contribution in [0.15, 0.2) is 90.6 Å². The van der Waals surface area contributed by atoms with E-state index in [1.54, 1.807) is 0 Å². The molecule has 0 saturated heterocycles. The number of ketones is 1. The van der Waals surface area contributed by atoms with Gasteiger partial charge in [0.05, 0.1) is 17.0 Å². The predicted octanol–water partition coefficient (Wildman–Crippen LogP) is 6.09. The molecule has 0 spiro atoms. The van der Waals surface area contributed by atoms with E-state index in [-0.39, 0.29) is 23.2 Å². The van der Waals surface area contributed by atoms with E-state index in [9.17, 15) is 10.1 Å². The summed E-state index contributed by atoms with van der Waals surface area (Å²) >= 11 is 0. The Balaban J connectivity index is 1.57. The van der Waals surface area contributed by atoms with Crippen LogP contribution >= 0.6 is 0 Å². The maximum absolute atomic E-state index is 12.9. The number of carbonyl (C=O) groups excluding carboxylic acids is 1. The molecule has 0 amide bonds. The summed E-state index contributed by atoms with van der Waals surface area (Å²) in [7, 11) is 0. The Labute approximate surface area is 210 Å². The predicted molar refractivity (Wildman–Crippen MR) is 139 cm³/mol. The Hall–Kier alpha value is -4.30. The average molecular weight is 471 g/mol. The molecule has 2 heterocycles. The number of nitrogens with zero attached hydrogens (tertiary/aromatic N) is 4. The minimum atomic E-state index is -0.508. The van der Waals surface area contributed by atoms with Crippen molar-refractivity contribution in [2.75, 3.05) is 0 Å². The first-order valence-corrected chi connectivity index (χ1v) is 12.4. The molecular weight excluding hydrogens is 444 g/mol. The van der Waals surface area contributed by atoms with Gasteiger partial charge >= 0.3 is 0 Å². The molecule has 2 aromatic heterocycles. The van der Waals surface area contributed by atoms with Gasteiger partial charge in [-0.05, 0) is 36.5 Å². The fourth-order valence-electron chi connectivity index (χ4n) is 6.15. The number of aromatic nitrogens is 3. The Kier molecular flexibility index (Phi) is 5.19. The van der Waals surface area contributed by atoms with E-state index in [0.717, 1.165) is 46.7 Å². The highest BCUT2D eigenvalue weighted by Gasteiger charge is 2.50. The van der Waals surface area contributed by atoms with Crippen LogP contribution in [0, 0.1) is 23.2 Å². The zero-order valence-electron chi connectivity index (χ0n) is 20.3. The topological polar surface area (TPSA) is 71.6 Å². The number of nitriles is 1. The number of Topliss-reactive ketones (excluding diaryl/α,β-unsaturated/α-hetero) is 1. The fourth-order valence-corrected chi connectivity index (χ4v) is 6.15. The Morgan fingerprint density at radius 2 is 1.67 bits per heavy atom. The molecule has 0 unspecified atom stereocenters. The summed E-state index contributed by atoms with van der Waals surface area (Å²) < 4.78 is 1.95.